The van der Waals surface area contributed by atoms with Gasteiger partial charge in [-0.3, -0.25) is 9.98 Å². The maximum atomic E-state index is 5.27. The monoisotopic (exact) mass is 629 g/mol. The number of nitrogens with zero attached hydrogens (tertiary/aromatic N) is 3. The molecule has 7 rings (SSSR count). The molecule has 4 heterocycles. The summed E-state index contributed by atoms with van der Waals surface area (Å²) in [5.41, 5.74) is 11.9. The van der Waals surface area contributed by atoms with Gasteiger partial charge in [-0.2, -0.15) is 0 Å². The number of fused-ring (bicyclic) bond motifs is 6. The van der Waals surface area contributed by atoms with Gasteiger partial charge < -0.3 is 4.98 Å². The molecular formula is C38H32ClN3Zn. The molecule has 1 aromatic heterocycles. The minimum atomic E-state index is -0.285. The van der Waals surface area contributed by atoms with Crippen molar-refractivity contribution in [2.45, 2.75) is 38.5 Å². The number of rotatable bonds is 2. The normalized spacial score (nSPS) is 21.2. The number of halogens is 1. The predicted octanol–water partition coefficient (Wildman–Crippen LogP) is 9.14. The molecule has 3 nitrogen and oxygen atoms in total. The van der Waals surface area contributed by atoms with E-state index in [0.29, 0.717) is 0 Å². The fraction of sp³-hybridized carbons (Fsp3) is 0.158. The van der Waals surface area contributed by atoms with Crippen molar-refractivity contribution in [1.82, 2.24) is 4.98 Å². The maximum absolute atomic E-state index is 5.27. The van der Waals surface area contributed by atoms with E-state index in [2.05, 4.69) is 137 Å². The van der Waals surface area contributed by atoms with Crippen molar-refractivity contribution in [1.29, 1.82) is 0 Å². The van der Waals surface area contributed by atoms with Gasteiger partial charge in [0.15, 0.2) is 0 Å². The summed E-state index contributed by atoms with van der Waals surface area (Å²) < 4.78 is 0. The van der Waals surface area contributed by atoms with Crippen LogP contribution in [0.1, 0.15) is 61.3 Å². The molecule has 0 spiro atoms. The van der Waals surface area contributed by atoms with Gasteiger partial charge in [0.25, 0.3) is 0 Å². The van der Waals surface area contributed by atoms with Crippen LogP contribution in [0.5, 0.6) is 0 Å². The van der Waals surface area contributed by atoms with Crippen LogP contribution in [0.4, 0.5) is 0 Å². The standard InChI is InChI=1S/C38H32N3.ClH.Zn/c1-37(2)27-16-11-17-28(24-27)38(3,4)34-23-21-32(41-34)36(26-14-9-6-10-15-26)30-19-18-29(39-30)35(25-12-7-5-8-13-25)31-20-22-33(37)40-31;;/h5-24H,1-4H3;1H;/q-1;;+2/p-1/b35-31-,36-32-;;. The second-order valence-electron chi connectivity index (χ2n) is 12.0. The van der Waals surface area contributed by atoms with Gasteiger partial charge in [-0.15, -0.1) is 11.4 Å². The van der Waals surface area contributed by atoms with Gasteiger partial charge in [-0.25, -0.2) is 0 Å². The van der Waals surface area contributed by atoms with Gasteiger partial charge in [0.05, 0.1) is 22.8 Å². The first-order valence-corrected chi connectivity index (χ1v) is 18.4. The van der Waals surface area contributed by atoms with E-state index >= 15 is 0 Å². The van der Waals surface area contributed by atoms with Crippen molar-refractivity contribution in [3.05, 3.63) is 166 Å². The molecule has 4 aromatic rings. The van der Waals surface area contributed by atoms with Crippen LogP contribution in [0.2, 0.25) is 0 Å². The summed E-state index contributed by atoms with van der Waals surface area (Å²) >= 11 is 0.847. The Morgan fingerprint density at radius 2 is 0.953 bits per heavy atom. The van der Waals surface area contributed by atoms with Crippen LogP contribution in [-0.4, -0.2) is 11.4 Å². The summed E-state index contributed by atoms with van der Waals surface area (Å²) in [6.07, 6.45) is 8.63. The summed E-state index contributed by atoms with van der Waals surface area (Å²) in [5.74, 6) is 0. The van der Waals surface area contributed by atoms with Crippen LogP contribution in [-0.2, 0) is 28.1 Å². The molecule has 3 aliphatic rings. The molecule has 0 unspecified atom stereocenters. The Morgan fingerprint density at radius 1 is 0.535 bits per heavy atom. The van der Waals surface area contributed by atoms with Gasteiger partial charge in [-0.1, -0.05) is 125 Å². The average molecular weight is 632 g/mol. The molecule has 3 aromatic carbocycles. The molecule has 0 radical (unpaired) electrons. The van der Waals surface area contributed by atoms with E-state index in [1.165, 1.54) is 11.1 Å². The summed E-state index contributed by atoms with van der Waals surface area (Å²) in [7, 11) is 4.76. The molecule has 0 N–H and O–H groups in total. The Balaban J connectivity index is 0.00000161. The van der Waals surface area contributed by atoms with Gasteiger partial charge in [0.1, 0.15) is 0 Å². The quantitative estimate of drug-likeness (QED) is 0.204. The first-order chi connectivity index (χ1) is 20.8. The zero-order chi connectivity index (χ0) is 30.2. The number of allylic oxidation sites excluding steroid dienone is 4. The van der Waals surface area contributed by atoms with Gasteiger partial charge in [0, 0.05) is 10.8 Å². The SMILES string of the molecule is CC1(C)C2=N/C(=C(/c3ccccc3)c3ccc([n-]3)/C(c3ccccc3)=C3/C=CC(=N3)C(C)(C)c3cccc1c3)C=C2.[Cl][Zn+]. The first-order valence-electron chi connectivity index (χ1n) is 14.5. The predicted molar refractivity (Wildman–Crippen MR) is 176 cm³/mol. The van der Waals surface area contributed by atoms with Crippen LogP contribution in [0, 0.1) is 0 Å². The second kappa shape index (κ2) is 11.7. The Morgan fingerprint density at radius 3 is 1.37 bits per heavy atom. The number of hydrogen-bond donors (Lipinski definition) is 0. The zero-order valence-corrected chi connectivity index (χ0v) is 28.7. The van der Waals surface area contributed by atoms with Crippen molar-refractivity contribution >= 4 is 32.3 Å². The summed E-state index contributed by atoms with van der Waals surface area (Å²) in [4.78, 5) is 15.8. The molecule has 0 atom stereocenters. The van der Waals surface area contributed by atoms with Crippen LogP contribution in [0.25, 0.3) is 11.1 Å². The van der Waals surface area contributed by atoms with Crippen molar-refractivity contribution in [2.24, 2.45) is 9.98 Å². The van der Waals surface area contributed by atoms with E-state index in [0.717, 1.165) is 73.8 Å². The third-order valence-corrected chi connectivity index (χ3v) is 8.66. The molecule has 208 valence electrons. The van der Waals surface area contributed by atoms with Crippen LogP contribution < -0.4 is 4.98 Å². The van der Waals surface area contributed by atoms with Crippen molar-refractivity contribution < 1.29 is 17.3 Å². The van der Waals surface area contributed by atoms with E-state index in [9.17, 15) is 0 Å². The average Bonchev–Trinajstić information content (AvgIpc) is 3.83. The Kier molecular flexibility index (Phi) is 7.94. The van der Waals surface area contributed by atoms with E-state index < -0.39 is 0 Å². The van der Waals surface area contributed by atoms with Gasteiger partial charge in [-0.05, 0) is 57.7 Å². The third-order valence-electron chi connectivity index (χ3n) is 8.66. The van der Waals surface area contributed by atoms with Crippen molar-refractivity contribution in [2.75, 3.05) is 0 Å². The second-order valence-corrected chi connectivity index (χ2v) is 12.0. The molecule has 3 aliphatic heterocycles. The molecule has 0 saturated carbocycles. The molecule has 0 amide bonds. The zero-order valence-electron chi connectivity index (χ0n) is 25.0. The molecule has 43 heavy (non-hydrogen) atoms. The summed E-state index contributed by atoms with van der Waals surface area (Å²) in [6, 6.07) is 34.1. The van der Waals surface area contributed by atoms with Crippen molar-refractivity contribution in [3.8, 4) is 0 Å². The topological polar surface area (TPSA) is 38.8 Å². The molecular weight excluding hydrogens is 599 g/mol. The van der Waals surface area contributed by atoms with Crippen LogP contribution in [0.15, 0.2) is 143 Å². The fourth-order valence-corrected chi connectivity index (χ4v) is 6.00. The molecule has 8 bridgehead atoms. The van der Waals surface area contributed by atoms with Gasteiger partial charge in [0.2, 0.25) is 0 Å². The molecule has 0 fully saturated rings. The number of benzene rings is 3. The molecule has 0 aliphatic carbocycles. The molecule has 5 heteroatoms. The Bertz CT molecular complexity index is 1730. The van der Waals surface area contributed by atoms with Crippen molar-refractivity contribution in [3.63, 3.8) is 0 Å². The van der Waals surface area contributed by atoms with E-state index in [4.69, 9.17) is 24.7 Å². The summed E-state index contributed by atoms with van der Waals surface area (Å²) in [6.45, 7) is 9.04. The third kappa shape index (κ3) is 5.28. The van der Waals surface area contributed by atoms with Crippen LogP contribution in [0.3, 0.4) is 0 Å². The fourth-order valence-electron chi connectivity index (χ4n) is 6.00. The Labute approximate surface area is 268 Å². The minimum absolute atomic E-state index is 0.285. The van der Waals surface area contributed by atoms with Crippen LogP contribution >= 0.6 is 9.69 Å². The number of aliphatic imine (C=N–C) groups is 2. The summed E-state index contributed by atoms with van der Waals surface area (Å²) in [5, 5.41) is 0. The van der Waals surface area contributed by atoms with Gasteiger partial charge >= 0.3 is 27.0 Å². The molecule has 0 saturated heterocycles. The van der Waals surface area contributed by atoms with E-state index in [1.54, 1.807) is 0 Å². The van der Waals surface area contributed by atoms with E-state index in [1.807, 2.05) is 12.1 Å². The number of hydrogen-bond acceptors (Lipinski definition) is 2. The number of aromatic nitrogens is 1. The van der Waals surface area contributed by atoms with E-state index in [-0.39, 0.29) is 10.8 Å². The first kappa shape index (κ1) is 29.2. The Hall–Kier alpha value is -3.85.